The lowest BCUT2D eigenvalue weighted by molar-refractivity contribution is 0.601. The number of benzene rings is 1. The van der Waals surface area contributed by atoms with E-state index in [2.05, 4.69) is 15.9 Å². The molecule has 0 radical (unpaired) electrons. The number of hydrogen-bond donors (Lipinski definition) is 1. The van der Waals surface area contributed by atoms with Gasteiger partial charge in [-0.1, -0.05) is 23.7 Å². The van der Waals surface area contributed by atoms with Crippen molar-refractivity contribution >= 4 is 38.9 Å². The molecule has 17 heavy (non-hydrogen) atoms. The largest absolute Gasteiger partial charge is 0.320 e. The first kappa shape index (κ1) is 13.0. The van der Waals surface area contributed by atoms with Crippen LogP contribution >= 0.6 is 38.9 Å². The number of aryl methyl sites for hydroxylation is 1. The quantitative estimate of drug-likeness (QED) is 0.849. The van der Waals surface area contributed by atoms with Crippen molar-refractivity contribution in [2.24, 2.45) is 5.73 Å². The molecule has 1 aromatic heterocycles. The van der Waals surface area contributed by atoms with Crippen molar-refractivity contribution < 1.29 is 4.39 Å². The molecular weight excluding hydrogens is 325 g/mol. The number of nitrogens with two attached hydrogens (primary N) is 1. The number of thiophene rings is 1. The van der Waals surface area contributed by atoms with Crippen LogP contribution in [0.3, 0.4) is 0 Å². The SMILES string of the molecule is Cc1cc(C(N)c2cccc(Cl)c2F)sc1Br. The number of halogens is 3. The summed E-state index contributed by atoms with van der Waals surface area (Å²) >= 11 is 10.7. The van der Waals surface area contributed by atoms with E-state index in [1.165, 1.54) is 17.4 Å². The monoisotopic (exact) mass is 333 g/mol. The van der Waals surface area contributed by atoms with E-state index in [4.69, 9.17) is 17.3 Å². The topological polar surface area (TPSA) is 26.0 Å². The molecule has 1 heterocycles. The zero-order valence-electron chi connectivity index (χ0n) is 9.01. The fraction of sp³-hybridized carbons (Fsp3) is 0.167. The van der Waals surface area contributed by atoms with Crippen LogP contribution in [0.4, 0.5) is 4.39 Å². The van der Waals surface area contributed by atoms with Crippen LogP contribution in [0, 0.1) is 12.7 Å². The number of rotatable bonds is 2. The molecule has 2 N–H and O–H groups in total. The third-order valence-corrected chi connectivity index (χ3v) is 5.01. The van der Waals surface area contributed by atoms with E-state index >= 15 is 0 Å². The maximum atomic E-state index is 13.8. The van der Waals surface area contributed by atoms with E-state index in [9.17, 15) is 4.39 Å². The maximum absolute atomic E-state index is 13.8. The molecule has 1 unspecified atom stereocenters. The summed E-state index contributed by atoms with van der Waals surface area (Å²) in [5, 5.41) is 0.102. The summed E-state index contributed by atoms with van der Waals surface area (Å²) in [7, 11) is 0. The second-order valence-corrected chi connectivity index (χ2v) is 6.54. The first-order valence-corrected chi connectivity index (χ1v) is 6.94. The van der Waals surface area contributed by atoms with Gasteiger partial charge >= 0.3 is 0 Å². The highest BCUT2D eigenvalue weighted by Crippen LogP contribution is 2.34. The predicted molar refractivity (Wildman–Crippen MR) is 74.2 cm³/mol. The smallest absolute Gasteiger partial charge is 0.146 e. The lowest BCUT2D eigenvalue weighted by Gasteiger charge is -2.11. The highest BCUT2D eigenvalue weighted by molar-refractivity contribution is 9.11. The standard InChI is InChI=1S/C12H10BrClFNS/c1-6-5-9(17-12(6)13)11(16)7-3-2-4-8(14)10(7)15/h2-5,11H,16H2,1H3. The van der Waals surface area contributed by atoms with Crippen LogP contribution in [0.1, 0.15) is 22.0 Å². The minimum atomic E-state index is -0.483. The fourth-order valence-electron chi connectivity index (χ4n) is 1.55. The normalized spacial score (nSPS) is 12.8. The van der Waals surface area contributed by atoms with Gasteiger partial charge in [0.1, 0.15) is 5.82 Å². The predicted octanol–water partition coefficient (Wildman–Crippen LogP) is 4.66. The molecule has 2 rings (SSSR count). The van der Waals surface area contributed by atoms with Crippen LogP contribution in [0.5, 0.6) is 0 Å². The molecular formula is C12H10BrClFNS. The van der Waals surface area contributed by atoms with Crippen molar-refractivity contribution in [3.8, 4) is 0 Å². The summed E-state index contributed by atoms with van der Waals surface area (Å²) in [5.41, 5.74) is 7.58. The molecule has 1 aromatic carbocycles. The minimum absolute atomic E-state index is 0.102. The third kappa shape index (κ3) is 2.55. The molecule has 2 aromatic rings. The zero-order valence-corrected chi connectivity index (χ0v) is 12.2. The van der Waals surface area contributed by atoms with Crippen molar-refractivity contribution in [3.63, 3.8) is 0 Å². The minimum Gasteiger partial charge on any atom is -0.320 e. The van der Waals surface area contributed by atoms with Gasteiger partial charge in [-0.05, 0) is 40.5 Å². The van der Waals surface area contributed by atoms with Crippen LogP contribution in [0.15, 0.2) is 28.1 Å². The Labute approximate surface area is 117 Å². The van der Waals surface area contributed by atoms with Crippen LogP contribution < -0.4 is 5.73 Å². The van der Waals surface area contributed by atoms with Gasteiger partial charge in [-0.2, -0.15) is 0 Å². The molecule has 1 atom stereocenters. The molecule has 1 nitrogen and oxygen atoms in total. The Morgan fingerprint density at radius 2 is 2.18 bits per heavy atom. The van der Waals surface area contributed by atoms with E-state index in [-0.39, 0.29) is 5.02 Å². The average Bonchev–Trinajstić information content (AvgIpc) is 2.62. The Bertz CT molecular complexity index is 536. The summed E-state index contributed by atoms with van der Waals surface area (Å²) in [6, 6.07) is 6.36. The Morgan fingerprint density at radius 3 is 2.76 bits per heavy atom. The molecule has 0 aliphatic heterocycles. The lowest BCUT2D eigenvalue weighted by atomic mass is 10.1. The van der Waals surface area contributed by atoms with E-state index in [0.29, 0.717) is 5.56 Å². The van der Waals surface area contributed by atoms with Gasteiger partial charge in [0.15, 0.2) is 0 Å². The molecule has 5 heteroatoms. The van der Waals surface area contributed by atoms with Gasteiger partial charge in [0.05, 0.1) is 14.9 Å². The van der Waals surface area contributed by atoms with Crippen molar-refractivity contribution in [1.29, 1.82) is 0 Å². The van der Waals surface area contributed by atoms with Crippen molar-refractivity contribution in [2.45, 2.75) is 13.0 Å². The second kappa shape index (κ2) is 5.06. The Hall–Kier alpha value is -0.420. The van der Waals surface area contributed by atoms with Crippen LogP contribution in [0.2, 0.25) is 5.02 Å². The molecule has 0 fully saturated rings. The van der Waals surface area contributed by atoms with Crippen molar-refractivity contribution in [2.75, 3.05) is 0 Å². The highest BCUT2D eigenvalue weighted by Gasteiger charge is 2.18. The molecule has 0 saturated carbocycles. The van der Waals surface area contributed by atoms with Gasteiger partial charge < -0.3 is 5.73 Å². The van der Waals surface area contributed by atoms with E-state index in [1.54, 1.807) is 12.1 Å². The molecule has 0 aliphatic carbocycles. The van der Waals surface area contributed by atoms with E-state index in [1.807, 2.05) is 13.0 Å². The van der Waals surface area contributed by atoms with E-state index < -0.39 is 11.9 Å². The van der Waals surface area contributed by atoms with Gasteiger partial charge in [-0.3, -0.25) is 0 Å². The summed E-state index contributed by atoms with van der Waals surface area (Å²) < 4.78 is 14.8. The summed E-state index contributed by atoms with van der Waals surface area (Å²) in [6.07, 6.45) is 0. The third-order valence-electron chi connectivity index (χ3n) is 2.50. The summed E-state index contributed by atoms with van der Waals surface area (Å²) in [6.45, 7) is 1.98. The van der Waals surface area contributed by atoms with Gasteiger partial charge in [0.25, 0.3) is 0 Å². The zero-order chi connectivity index (χ0) is 12.6. The maximum Gasteiger partial charge on any atom is 0.146 e. The van der Waals surface area contributed by atoms with Gasteiger partial charge in [-0.25, -0.2) is 4.39 Å². The first-order valence-electron chi connectivity index (χ1n) is 4.96. The second-order valence-electron chi connectivity index (χ2n) is 3.73. The van der Waals surface area contributed by atoms with Crippen LogP contribution in [0.25, 0.3) is 0 Å². The average molecular weight is 335 g/mol. The highest BCUT2D eigenvalue weighted by atomic mass is 79.9. The van der Waals surface area contributed by atoms with Crippen molar-refractivity contribution in [3.05, 3.63) is 54.9 Å². The molecule has 0 spiro atoms. The van der Waals surface area contributed by atoms with Crippen molar-refractivity contribution in [1.82, 2.24) is 0 Å². The van der Waals surface area contributed by atoms with Gasteiger partial charge in [-0.15, -0.1) is 11.3 Å². The molecule has 90 valence electrons. The Morgan fingerprint density at radius 1 is 1.47 bits per heavy atom. The number of hydrogen-bond acceptors (Lipinski definition) is 2. The summed E-state index contributed by atoms with van der Waals surface area (Å²) in [4.78, 5) is 0.913. The lowest BCUT2D eigenvalue weighted by Crippen LogP contribution is -2.12. The van der Waals surface area contributed by atoms with Crippen LogP contribution in [-0.2, 0) is 0 Å². The van der Waals surface area contributed by atoms with E-state index in [0.717, 1.165) is 14.2 Å². The van der Waals surface area contributed by atoms with Gasteiger partial charge in [0.2, 0.25) is 0 Å². The Balaban J connectivity index is 2.43. The molecule has 0 bridgehead atoms. The van der Waals surface area contributed by atoms with Crippen LogP contribution in [-0.4, -0.2) is 0 Å². The fourth-order valence-corrected chi connectivity index (χ4v) is 3.32. The van der Waals surface area contributed by atoms with Gasteiger partial charge in [0, 0.05) is 10.4 Å². The summed E-state index contributed by atoms with van der Waals surface area (Å²) in [5.74, 6) is -0.441. The molecule has 0 aliphatic rings. The molecule has 0 amide bonds. The Kier molecular flexibility index (Phi) is 3.88. The first-order chi connectivity index (χ1) is 8.00. The molecule has 0 saturated heterocycles.